The Labute approximate surface area is 91.0 Å². The van der Waals surface area contributed by atoms with Crippen molar-refractivity contribution >= 4 is 27.5 Å². The van der Waals surface area contributed by atoms with E-state index in [2.05, 4.69) is 15.9 Å². The van der Waals surface area contributed by atoms with Crippen LogP contribution in [0, 0.1) is 0 Å². The summed E-state index contributed by atoms with van der Waals surface area (Å²) in [4.78, 5) is 13.2. The third-order valence-corrected chi connectivity index (χ3v) is 3.03. The fourth-order valence-electron chi connectivity index (χ4n) is 1.63. The molecule has 1 heterocycles. The van der Waals surface area contributed by atoms with Crippen LogP contribution in [0.2, 0.25) is 0 Å². The van der Waals surface area contributed by atoms with Gasteiger partial charge < -0.3 is 10.6 Å². The highest BCUT2D eigenvalue weighted by Gasteiger charge is 2.42. The van der Waals surface area contributed by atoms with Crippen molar-refractivity contribution in [3.05, 3.63) is 28.7 Å². The van der Waals surface area contributed by atoms with Crippen molar-refractivity contribution < 1.29 is 4.79 Å². The second kappa shape index (κ2) is 3.37. The third-order valence-electron chi connectivity index (χ3n) is 2.54. The molecule has 0 radical (unpaired) electrons. The zero-order chi connectivity index (χ0) is 10.3. The van der Waals surface area contributed by atoms with Gasteiger partial charge in [-0.05, 0) is 25.1 Å². The van der Waals surface area contributed by atoms with Crippen molar-refractivity contribution in [1.29, 1.82) is 0 Å². The van der Waals surface area contributed by atoms with Crippen LogP contribution in [0.15, 0.2) is 28.7 Å². The van der Waals surface area contributed by atoms with E-state index in [4.69, 9.17) is 5.73 Å². The first-order chi connectivity index (χ1) is 6.61. The lowest BCUT2D eigenvalue weighted by molar-refractivity contribution is -0.125. The van der Waals surface area contributed by atoms with Gasteiger partial charge in [0.15, 0.2) is 0 Å². The van der Waals surface area contributed by atoms with Gasteiger partial charge in [0.05, 0.1) is 6.04 Å². The van der Waals surface area contributed by atoms with Gasteiger partial charge in [0.25, 0.3) is 0 Å². The van der Waals surface area contributed by atoms with Crippen LogP contribution in [-0.2, 0) is 4.79 Å². The minimum Gasteiger partial charge on any atom is -0.318 e. The van der Waals surface area contributed by atoms with Gasteiger partial charge in [-0.3, -0.25) is 4.79 Å². The van der Waals surface area contributed by atoms with Crippen LogP contribution in [0.1, 0.15) is 6.92 Å². The highest BCUT2D eigenvalue weighted by molar-refractivity contribution is 9.10. The molecule has 4 heteroatoms. The molecule has 1 amide bonds. The zero-order valence-electron chi connectivity index (χ0n) is 7.77. The van der Waals surface area contributed by atoms with E-state index < -0.39 is 0 Å². The standard InChI is InChI=1S/C10H11BrN2O/c1-6-9(12)10(14)13(6)8-4-2-3-7(11)5-8/h2-6,9H,12H2,1H3/t6-,9+/m1/s1. The molecule has 0 spiro atoms. The Morgan fingerprint density at radius 2 is 2.21 bits per heavy atom. The zero-order valence-corrected chi connectivity index (χ0v) is 9.36. The van der Waals surface area contributed by atoms with Crippen LogP contribution >= 0.6 is 15.9 Å². The molecule has 1 aromatic rings. The Balaban J connectivity index is 2.29. The lowest BCUT2D eigenvalue weighted by Crippen LogP contribution is -2.67. The first-order valence-corrected chi connectivity index (χ1v) is 5.25. The molecule has 0 saturated carbocycles. The molecule has 2 rings (SSSR count). The molecule has 0 unspecified atom stereocenters. The van der Waals surface area contributed by atoms with E-state index in [1.54, 1.807) is 4.90 Å². The number of carbonyl (C=O) groups is 1. The van der Waals surface area contributed by atoms with E-state index in [-0.39, 0.29) is 18.0 Å². The Morgan fingerprint density at radius 1 is 1.50 bits per heavy atom. The molecule has 1 saturated heterocycles. The fraction of sp³-hybridized carbons (Fsp3) is 0.300. The van der Waals surface area contributed by atoms with Crippen molar-refractivity contribution in [2.24, 2.45) is 5.73 Å². The summed E-state index contributed by atoms with van der Waals surface area (Å²) in [7, 11) is 0. The monoisotopic (exact) mass is 254 g/mol. The summed E-state index contributed by atoms with van der Waals surface area (Å²) < 4.78 is 0.968. The maximum Gasteiger partial charge on any atom is 0.246 e. The van der Waals surface area contributed by atoms with Gasteiger partial charge in [-0.25, -0.2) is 0 Å². The fourth-order valence-corrected chi connectivity index (χ4v) is 2.02. The van der Waals surface area contributed by atoms with Crippen molar-refractivity contribution in [2.75, 3.05) is 4.90 Å². The van der Waals surface area contributed by atoms with E-state index in [1.807, 2.05) is 31.2 Å². The number of nitrogens with zero attached hydrogens (tertiary/aromatic N) is 1. The van der Waals surface area contributed by atoms with E-state index >= 15 is 0 Å². The second-order valence-corrected chi connectivity index (χ2v) is 4.37. The first-order valence-electron chi connectivity index (χ1n) is 4.45. The maximum absolute atomic E-state index is 11.5. The van der Waals surface area contributed by atoms with Crippen LogP contribution in [0.3, 0.4) is 0 Å². The average molecular weight is 255 g/mol. The molecule has 14 heavy (non-hydrogen) atoms. The molecule has 1 aromatic carbocycles. The number of hydrogen-bond donors (Lipinski definition) is 1. The summed E-state index contributed by atoms with van der Waals surface area (Å²) >= 11 is 3.37. The van der Waals surface area contributed by atoms with E-state index in [1.165, 1.54) is 0 Å². The number of amides is 1. The summed E-state index contributed by atoms with van der Waals surface area (Å²) in [6, 6.07) is 7.42. The number of anilines is 1. The maximum atomic E-state index is 11.5. The van der Waals surface area contributed by atoms with Crippen LogP contribution < -0.4 is 10.6 Å². The largest absolute Gasteiger partial charge is 0.318 e. The number of β-lactam (4-membered cyclic amide) rings is 1. The van der Waals surface area contributed by atoms with Crippen LogP contribution in [0.4, 0.5) is 5.69 Å². The number of hydrogen-bond acceptors (Lipinski definition) is 2. The van der Waals surface area contributed by atoms with Crippen LogP contribution in [0.25, 0.3) is 0 Å². The van der Waals surface area contributed by atoms with E-state index in [0.29, 0.717) is 0 Å². The lowest BCUT2D eigenvalue weighted by Gasteiger charge is -2.43. The van der Waals surface area contributed by atoms with Crippen molar-refractivity contribution in [3.8, 4) is 0 Å². The van der Waals surface area contributed by atoms with Crippen LogP contribution in [-0.4, -0.2) is 18.0 Å². The molecule has 0 aromatic heterocycles. The molecule has 1 fully saturated rings. The molecular weight excluding hydrogens is 244 g/mol. The topological polar surface area (TPSA) is 46.3 Å². The Kier molecular flexibility index (Phi) is 2.33. The molecular formula is C10H11BrN2O. The minimum atomic E-state index is -0.339. The lowest BCUT2D eigenvalue weighted by atomic mass is 9.97. The van der Waals surface area contributed by atoms with Gasteiger partial charge in [0, 0.05) is 10.2 Å². The quantitative estimate of drug-likeness (QED) is 0.773. The summed E-state index contributed by atoms with van der Waals surface area (Å²) in [6.45, 7) is 1.95. The van der Waals surface area contributed by atoms with Gasteiger partial charge >= 0.3 is 0 Å². The number of benzene rings is 1. The second-order valence-electron chi connectivity index (χ2n) is 3.45. The SMILES string of the molecule is C[C@@H]1[C@H](N)C(=O)N1c1cccc(Br)c1. The number of rotatable bonds is 1. The first kappa shape index (κ1) is 9.68. The van der Waals surface area contributed by atoms with Gasteiger partial charge in [-0.2, -0.15) is 0 Å². The van der Waals surface area contributed by atoms with Gasteiger partial charge in [0.2, 0.25) is 5.91 Å². The number of carbonyl (C=O) groups excluding carboxylic acids is 1. The molecule has 3 nitrogen and oxygen atoms in total. The summed E-state index contributed by atoms with van der Waals surface area (Å²) in [5.74, 6) is -0.00407. The highest BCUT2D eigenvalue weighted by Crippen LogP contribution is 2.28. The minimum absolute atomic E-state index is 0.00407. The summed E-state index contributed by atoms with van der Waals surface area (Å²) in [6.07, 6.45) is 0. The molecule has 0 bridgehead atoms. The number of halogens is 1. The van der Waals surface area contributed by atoms with Gasteiger partial charge in [-0.15, -0.1) is 0 Å². The molecule has 74 valence electrons. The Hall–Kier alpha value is -0.870. The van der Waals surface area contributed by atoms with E-state index in [0.717, 1.165) is 10.2 Å². The predicted octanol–water partition coefficient (Wildman–Crippen LogP) is 1.51. The highest BCUT2D eigenvalue weighted by atomic mass is 79.9. The normalized spacial score (nSPS) is 26.2. The van der Waals surface area contributed by atoms with Crippen LogP contribution in [0.5, 0.6) is 0 Å². The smallest absolute Gasteiger partial charge is 0.246 e. The molecule has 1 aliphatic heterocycles. The van der Waals surface area contributed by atoms with Crippen molar-refractivity contribution in [1.82, 2.24) is 0 Å². The van der Waals surface area contributed by atoms with Crippen molar-refractivity contribution in [2.45, 2.75) is 19.0 Å². The van der Waals surface area contributed by atoms with Gasteiger partial charge in [0.1, 0.15) is 6.04 Å². The Morgan fingerprint density at radius 3 is 2.79 bits per heavy atom. The summed E-state index contributed by atoms with van der Waals surface area (Å²) in [5.41, 5.74) is 6.53. The number of nitrogens with two attached hydrogens (primary N) is 1. The molecule has 0 aliphatic carbocycles. The Bertz CT molecular complexity index is 380. The van der Waals surface area contributed by atoms with Gasteiger partial charge in [-0.1, -0.05) is 22.0 Å². The average Bonchev–Trinajstić information content (AvgIpc) is 2.18. The molecule has 2 N–H and O–H groups in total. The summed E-state index contributed by atoms with van der Waals surface area (Å²) in [5, 5.41) is 0. The van der Waals surface area contributed by atoms with Crippen molar-refractivity contribution in [3.63, 3.8) is 0 Å². The molecule has 2 atom stereocenters. The molecule has 1 aliphatic rings. The predicted molar refractivity (Wildman–Crippen MR) is 59.1 cm³/mol. The third kappa shape index (κ3) is 1.35. The van der Waals surface area contributed by atoms with E-state index in [9.17, 15) is 4.79 Å².